The fraction of sp³-hybridized carbons (Fsp3) is 0.368. The van der Waals surface area contributed by atoms with Gasteiger partial charge in [-0.05, 0) is 18.1 Å². The van der Waals surface area contributed by atoms with E-state index >= 15 is 0 Å². The van der Waals surface area contributed by atoms with Crippen molar-refractivity contribution in [2.75, 3.05) is 0 Å². The molecule has 0 aliphatic carbocycles. The third-order valence-electron chi connectivity index (χ3n) is 4.14. The summed E-state index contributed by atoms with van der Waals surface area (Å²) in [5.41, 5.74) is 3.82. The predicted molar refractivity (Wildman–Crippen MR) is 94.1 cm³/mol. The molecule has 0 amide bonds. The molecule has 1 nitrogen and oxygen atoms in total. The van der Waals surface area contributed by atoms with E-state index in [1.807, 2.05) is 12.1 Å². The molecule has 2 rings (SSSR count). The molecule has 0 spiro atoms. The second-order valence-corrected chi connectivity index (χ2v) is 10.2. The van der Waals surface area contributed by atoms with Crippen LogP contribution >= 0.6 is 7.14 Å². The molecule has 0 bridgehead atoms. The lowest BCUT2D eigenvalue weighted by Gasteiger charge is -2.28. The van der Waals surface area contributed by atoms with Crippen LogP contribution < -0.4 is 5.30 Å². The van der Waals surface area contributed by atoms with Gasteiger partial charge in [0.15, 0.2) is 0 Å². The van der Waals surface area contributed by atoms with Gasteiger partial charge in [0.1, 0.15) is 7.14 Å². The van der Waals surface area contributed by atoms with Crippen molar-refractivity contribution in [2.45, 2.75) is 45.9 Å². The molecule has 0 aliphatic rings. The monoisotopic (exact) mass is 300 g/mol. The predicted octanol–water partition coefficient (Wildman–Crippen LogP) is 5.47. The molecule has 0 aromatic heterocycles. The summed E-state index contributed by atoms with van der Waals surface area (Å²) in [6, 6.07) is 16.6. The van der Waals surface area contributed by atoms with Crippen LogP contribution in [0.4, 0.5) is 0 Å². The smallest absolute Gasteiger partial charge is 0.121 e. The highest BCUT2D eigenvalue weighted by Gasteiger charge is 2.34. The maximum absolute atomic E-state index is 13.7. The number of rotatable bonds is 4. The highest BCUT2D eigenvalue weighted by Crippen LogP contribution is 2.55. The Hall–Kier alpha value is -1.33. The zero-order valence-corrected chi connectivity index (χ0v) is 14.5. The van der Waals surface area contributed by atoms with Gasteiger partial charge in [-0.25, -0.2) is 0 Å². The number of hydrogen-bond acceptors (Lipinski definition) is 1. The van der Waals surface area contributed by atoms with Gasteiger partial charge in [0.25, 0.3) is 0 Å². The third kappa shape index (κ3) is 2.99. The molecule has 0 radical (unpaired) electrons. The van der Waals surface area contributed by atoms with Crippen molar-refractivity contribution in [2.24, 2.45) is 0 Å². The van der Waals surface area contributed by atoms with Crippen LogP contribution in [0.3, 0.4) is 0 Å². The highest BCUT2D eigenvalue weighted by atomic mass is 31.2. The van der Waals surface area contributed by atoms with E-state index in [0.717, 1.165) is 16.4 Å². The zero-order chi connectivity index (χ0) is 15.6. The summed E-state index contributed by atoms with van der Waals surface area (Å²) in [4.78, 5) is 0. The quantitative estimate of drug-likeness (QED) is 0.684. The summed E-state index contributed by atoms with van der Waals surface area (Å²) in [7, 11) is -2.43. The first kappa shape index (κ1) is 16.0. The summed E-state index contributed by atoms with van der Waals surface area (Å²) >= 11 is 0. The van der Waals surface area contributed by atoms with Crippen molar-refractivity contribution in [3.63, 3.8) is 0 Å². The Balaban J connectivity index is 2.69. The van der Waals surface area contributed by atoms with E-state index in [1.165, 1.54) is 5.56 Å². The zero-order valence-electron chi connectivity index (χ0n) is 13.6. The van der Waals surface area contributed by atoms with E-state index in [0.29, 0.717) is 0 Å². The largest absolute Gasteiger partial charge is 0.318 e. The summed E-state index contributed by atoms with van der Waals surface area (Å²) in [6.07, 6.45) is 0. The molecule has 2 aromatic carbocycles. The molecule has 0 saturated carbocycles. The summed E-state index contributed by atoms with van der Waals surface area (Å²) in [5.74, 6) is 0. The van der Waals surface area contributed by atoms with Gasteiger partial charge in [0.05, 0.1) is 0 Å². The molecule has 0 aliphatic heterocycles. The first-order chi connectivity index (χ1) is 9.87. The van der Waals surface area contributed by atoms with Crippen LogP contribution in [-0.4, -0.2) is 11.3 Å². The van der Waals surface area contributed by atoms with Crippen LogP contribution in [0.5, 0.6) is 0 Å². The second kappa shape index (κ2) is 6.20. The Kier molecular flexibility index (Phi) is 4.74. The van der Waals surface area contributed by atoms with E-state index in [4.69, 9.17) is 0 Å². The Morgan fingerprint density at radius 2 is 1.48 bits per heavy atom. The number of benzene rings is 2. The van der Waals surface area contributed by atoms with Gasteiger partial charge in [0, 0.05) is 16.6 Å². The highest BCUT2D eigenvalue weighted by molar-refractivity contribution is 7.73. The molecule has 0 unspecified atom stereocenters. The minimum Gasteiger partial charge on any atom is -0.318 e. The fourth-order valence-corrected chi connectivity index (χ4v) is 6.19. The van der Waals surface area contributed by atoms with E-state index in [2.05, 4.69) is 71.0 Å². The molecule has 0 atom stereocenters. The van der Waals surface area contributed by atoms with Gasteiger partial charge < -0.3 is 4.57 Å². The third-order valence-corrected chi connectivity index (χ3v) is 8.36. The van der Waals surface area contributed by atoms with Gasteiger partial charge in [-0.1, -0.05) is 81.8 Å². The Morgan fingerprint density at radius 3 is 2.05 bits per heavy atom. The lowest BCUT2D eigenvalue weighted by Crippen LogP contribution is -2.21. The van der Waals surface area contributed by atoms with Gasteiger partial charge in [-0.3, -0.25) is 0 Å². The van der Waals surface area contributed by atoms with Crippen LogP contribution in [0.15, 0.2) is 48.5 Å². The molecule has 2 heteroatoms. The maximum atomic E-state index is 13.7. The summed E-state index contributed by atoms with van der Waals surface area (Å²) in [5, 5.41) is 1.03. The summed E-state index contributed by atoms with van der Waals surface area (Å²) in [6.45, 7) is 10.4. The van der Waals surface area contributed by atoms with E-state index in [1.54, 1.807) is 0 Å². The van der Waals surface area contributed by atoms with Gasteiger partial charge in [0.2, 0.25) is 0 Å². The van der Waals surface area contributed by atoms with Crippen LogP contribution in [0.25, 0.3) is 11.1 Å². The Morgan fingerprint density at radius 1 is 0.857 bits per heavy atom. The first-order valence-electron chi connectivity index (χ1n) is 7.63. The van der Waals surface area contributed by atoms with Crippen LogP contribution in [0.1, 0.15) is 33.3 Å². The molecule has 0 N–H and O–H groups in total. The normalized spacial score (nSPS) is 12.1. The average molecular weight is 300 g/mol. The topological polar surface area (TPSA) is 17.1 Å². The molecule has 2 aromatic rings. The lowest BCUT2D eigenvalue weighted by atomic mass is 10.0. The molecule has 0 fully saturated rings. The van der Waals surface area contributed by atoms with Crippen LogP contribution in [0, 0.1) is 6.92 Å². The van der Waals surface area contributed by atoms with Gasteiger partial charge in [-0.15, -0.1) is 0 Å². The van der Waals surface area contributed by atoms with Crippen molar-refractivity contribution < 1.29 is 4.57 Å². The minimum atomic E-state index is -2.43. The van der Waals surface area contributed by atoms with E-state index in [9.17, 15) is 4.57 Å². The van der Waals surface area contributed by atoms with Crippen LogP contribution in [-0.2, 0) is 4.57 Å². The van der Waals surface area contributed by atoms with Crippen LogP contribution in [0.2, 0.25) is 0 Å². The van der Waals surface area contributed by atoms with E-state index in [-0.39, 0.29) is 11.3 Å². The SMILES string of the molecule is Cc1cccc(-c2ccccc2P(=O)(C(C)C)C(C)C)c1. The van der Waals surface area contributed by atoms with Gasteiger partial charge >= 0.3 is 0 Å². The maximum Gasteiger partial charge on any atom is 0.121 e. The molecule has 0 saturated heterocycles. The molecule has 112 valence electrons. The molecule has 21 heavy (non-hydrogen) atoms. The second-order valence-electron chi connectivity index (χ2n) is 6.28. The lowest BCUT2D eigenvalue weighted by molar-refractivity contribution is 0.569. The van der Waals surface area contributed by atoms with Crippen molar-refractivity contribution >= 4 is 12.4 Å². The van der Waals surface area contributed by atoms with E-state index < -0.39 is 7.14 Å². The Labute approximate surface area is 128 Å². The molecular formula is C19H25OP. The summed E-state index contributed by atoms with van der Waals surface area (Å²) < 4.78 is 13.7. The molecule has 0 heterocycles. The van der Waals surface area contributed by atoms with Crippen molar-refractivity contribution in [3.8, 4) is 11.1 Å². The van der Waals surface area contributed by atoms with Crippen molar-refractivity contribution in [3.05, 3.63) is 54.1 Å². The fourth-order valence-electron chi connectivity index (χ4n) is 2.99. The molecular weight excluding hydrogens is 275 g/mol. The van der Waals surface area contributed by atoms with Crippen molar-refractivity contribution in [1.29, 1.82) is 0 Å². The van der Waals surface area contributed by atoms with Crippen molar-refractivity contribution in [1.82, 2.24) is 0 Å². The van der Waals surface area contributed by atoms with Gasteiger partial charge in [-0.2, -0.15) is 0 Å². The Bertz CT molecular complexity index is 659. The first-order valence-corrected chi connectivity index (χ1v) is 9.48. The number of aryl methyl sites for hydroxylation is 1. The standard InChI is InChI=1S/C19H25OP/c1-14(2)21(20,15(3)4)19-12-7-6-11-18(19)17-10-8-9-16(5)13-17/h6-15H,1-5H3. The minimum absolute atomic E-state index is 0.156. The number of hydrogen-bond donors (Lipinski definition) is 0. The average Bonchev–Trinajstić information content (AvgIpc) is 2.46.